The van der Waals surface area contributed by atoms with E-state index in [1.165, 1.54) is 18.2 Å². The minimum Gasteiger partial charge on any atom is -0.405 e. The highest BCUT2D eigenvalue weighted by Crippen LogP contribution is 2.33. The van der Waals surface area contributed by atoms with Gasteiger partial charge in [-0.2, -0.15) is 0 Å². The summed E-state index contributed by atoms with van der Waals surface area (Å²) in [6.45, 7) is 0. The van der Waals surface area contributed by atoms with Crippen molar-refractivity contribution in [3.05, 3.63) is 23.8 Å². The van der Waals surface area contributed by atoms with Crippen LogP contribution in [0, 0.1) is 0 Å². The zero-order valence-electron chi connectivity index (χ0n) is 7.67. The smallest absolute Gasteiger partial charge is 0.405 e. The Hall–Kier alpha value is -1.17. The largest absolute Gasteiger partial charge is 0.573 e. The molecule has 0 aliphatic heterocycles. The molecule has 0 aromatic heterocycles. The predicted octanol–water partition coefficient (Wildman–Crippen LogP) is 3.12. The summed E-state index contributed by atoms with van der Waals surface area (Å²) in [5, 5.41) is 0. The van der Waals surface area contributed by atoms with Crippen LogP contribution in [0.4, 0.5) is 13.2 Å². The van der Waals surface area contributed by atoms with Gasteiger partial charge in [0.15, 0.2) is 6.29 Å². The Balaban J connectivity index is 3.12. The fraction of sp³-hybridized carbons (Fsp3) is 0.222. The number of alkyl halides is 3. The second-order valence-electron chi connectivity index (χ2n) is 2.54. The number of aldehydes is 1. The quantitative estimate of drug-likeness (QED) is 0.595. The highest BCUT2D eigenvalue weighted by molar-refractivity contribution is 7.98. The molecule has 0 N–H and O–H groups in total. The summed E-state index contributed by atoms with van der Waals surface area (Å²) in [6.07, 6.45) is -2.67. The molecule has 2 nitrogen and oxygen atoms in total. The minimum atomic E-state index is -4.74. The van der Waals surface area contributed by atoms with Gasteiger partial charge in [0.1, 0.15) is 5.75 Å². The number of benzene rings is 1. The molecule has 1 aromatic carbocycles. The van der Waals surface area contributed by atoms with Crippen LogP contribution in [0.2, 0.25) is 0 Å². The lowest BCUT2D eigenvalue weighted by Gasteiger charge is -2.12. The van der Waals surface area contributed by atoms with Gasteiger partial charge >= 0.3 is 6.36 Å². The second-order valence-corrected chi connectivity index (χ2v) is 3.36. The first kappa shape index (κ1) is 11.9. The monoisotopic (exact) mass is 236 g/mol. The van der Waals surface area contributed by atoms with Gasteiger partial charge in [-0.3, -0.25) is 4.79 Å². The number of hydrogen-bond acceptors (Lipinski definition) is 3. The molecule has 0 saturated heterocycles. The first-order chi connectivity index (χ1) is 6.98. The number of carbonyl (C=O) groups excluding carboxylic acids is 1. The van der Waals surface area contributed by atoms with Crippen molar-refractivity contribution >= 4 is 18.0 Å². The van der Waals surface area contributed by atoms with E-state index in [4.69, 9.17) is 0 Å². The molecule has 0 saturated carbocycles. The fourth-order valence-electron chi connectivity index (χ4n) is 1.05. The van der Waals surface area contributed by atoms with Gasteiger partial charge in [0.2, 0.25) is 0 Å². The molecule has 0 atom stereocenters. The van der Waals surface area contributed by atoms with Crippen molar-refractivity contribution < 1.29 is 22.7 Å². The molecule has 1 rings (SSSR count). The van der Waals surface area contributed by atoms with Gasteiger partial charge in [0.25, 0.3) is 0 Å². The molecular formula is C9H7F3O2S. The molecule has 1 aromatic rings. The summed E-state index contributed by atoms with van der Waals surface area (Å²) in [5.41, 5.74) is 0.184. The van der Waals surface area contributed by atoms with E-state index < -0.39 is 6.36 Å². The summed E-state index contributed by atoms with van der Waals surface area (Å²) in [5.74, 6) is -0.348. The average molecular weight is 236 g/mol. The molecular weight excluding hydrogens is 229 g/mol. The number of halogens is 3. The Bertz CT molecular complexity index is 363. The van der Waals surface area contributed by atoms with E-state index in [1.807, 2.05) is 0 Å². The molecule has 0 aliphatic rings. The van der Waals surface area contributed by atoms with Crippen LogP contribution in [0.25, 0.3) is 0 Å². The molecule has 0 aliphatic carbocycles. The van der Waals surface area contributed by atoms with Gasteiger partial charge in [-0.1, -0.05) is 12.1 Å². The maximum absolute atomic E-state index is 12.0. The van der Waals surface area contributed by atoms with Gasteiger partial charge < -0.3 is 4.74 Å². The van der Waals surface area contributed by atoms with Crippen LogP contribution in [-0.2, 0) is 0 Å². The third-order valence-electron chi connectivity index (χ3n) is 1.57. The molecule has 0 radical (unpaired) electrons. The zero-order valence-corrected chi connectivity index (χ0v) is 8.48. The van der Waals surface area contributed by atoms with Crippen molar-refractivity contribution in [1.29, 1.82) is 0 Å². The van der Waals surface area contributed by atoms with E-state index in [1.54, 1.807) is 6.26 Å². The van der Waals surface area contributed by atoms with Crippen LogP contribution < -0.4 is 4.74 Å². The Morgan fingerprint density at radius 2 is 2.07 bits per heavy atom. The van der Waals surface area contributed by atoms with Crippen LogP contribution in [0.3, 0.4) is 0 Å². The highest BCUT2D eigenvalue weighted by Gasteiger charge is 2.32. The summed E-state index contributed by atoms with van der Waals surface area (Å²) < 4.78 is 39.7. The molecule has 0 amide bonds. The molecule has 82 valence electrons. The summed E-state index contributed by atoms with van der Waals surface area (Å²) in [7, 11) is 0. The lowest BCUT2D eigenvalue weighted by molar-refractivity contribution is -0.275. The standard InChI is InChI=1S/C9H7F3O2S/c1-15-8-6(5-13)3-2-4-7(8)14-9(10,11)12/h2-5H,1H3. The highest BCUT2D eigenvalue weighted by atomic mass is 32.2. The first-order valence-corrected chi connectivity index (χ1v) is 5.08. The van der Waals surface area contributed by atoms with E-state index in [9.17, 15) is 18.0 Å². The Kier molecular flexibility index (Phi) is 3.62. The van der Waals surface area contributed by atoms with Crippen LogP contribution >= 0.6 is 11.8 Å². The summed E-state index contributed by atoms with van der Waals surface area (Å²) in [6, 6.07) is 3.94. The minimum absolute atomic E-state index is 0.184. The molecule has 15 heavy (non-hydrogen) atoms. The van der Waals surface area contributed by atoms with E-state index >= 15 is 0 Å². The Labute approximate surface area is 88.4 Å². The van der Waals surface area contributed by atoms with Crippen molar-refractivity contribution in [2.45, 2.75) is 11.3 Å². The normalized spacial score (nSPS) is 11.2. The second kappa shape index (κ2) is 4.57. The number of carbonyl (C=O) groups is 1. The molecule has 0 unspecified atom stereocenters. The van der Waals surface area contributed by atoms with Gasteiger partial charge in [0, 0.05) is 5.56 Å². The lowest BCUT2D eigenvalue weighted by Crippen LogP contribution is -2.17. The van der Waals surface area contributed by atoms with E-state index in [-0.39, 0.29) is 16.2 Å². The van der Waals surface area contributed by atoms with Gasteiger partial charge in [-0.15, -0.1) is 24.9 Å². The SMILES string of the molecule is CSc1c(C=O)cccc1OC(F)(F)F. The summed E-state index contributed by atoms with van der Waals surface area (Å²) in [4.78, 5) is 10.7. The third kappa shape index (κ3) is 3.16. The van der Waals surface area contributed by atoms with Gasteiger partial charge in [-0.25, -0.2) is 0 Å². The zero-order chi connectivity index (χ0) is 11.5. The Morgan fingerprint density at radius 3 is 2.53 bits per heavy atom. The molecule has 0 bridgehead atoms. The van der Waals surface area contributed by atoms with Crippen molar-refractivity contribution in [3.63, 3.8) is 0 Å². The molecule has 0 fully saturated rings. The summed E-state index contributed by atoms with van der Waals surface area (Å²) >= 11 is 1.03. The average Bonchev–Trinajstić information content (AvgIpc) is 2.15. The van der Waals surface area contributed by atoms with E-state index in [0.717, 1.165) is 11.8 Å². The van der Waals surface area contributed by atoms with Crippen LogP contribution in [-0.4, -0.2) is 18.9 Å². The van der Waals surface area contributed by atoms with Crippen LogP contribution in [0.15, 0.2) is 23.1 Å². The van der Waals surface area contributed by atoms with Crippen molar-refractivity contribution in [1.82, 2.24) is 0 Å². The van der Waals surface area contributed by atoms with Crippen LogP contribution in [0.1, 0.15) is 10.4 Å². The number of hydrogen-bond donors (Lipinski definition) is 0. The van der Waals surface area contributed by atoms with Crippen molar-refractivity contribution in [2.75, 3.05) is 6.26 Å². The van der Waals surface area contributed by atoms with Crippen molar-refractivity contribution in [2.24, 2.45) is 0 Å². The van der Waals surface area contributed by atoms with Gasteiger partial charge in [0.05, 0.1) is 4.90 Å². The molecule has 0 heterocycles. The molecule has 0 spiro atoms. The van der Waals surface area contributed by atoms with E-state index in [2.05, 4.69) is 4.74 Å². The predicted molar refractivity (Wildman–Crippen MR) is 50.3 cm³/mol. The number of thioether (sulfide) groups is 1. The fourth-order valence-corrected chi connectivity index (χ4v) is 1.71. The maximum Gasteiger partial charge on any atom is 0.573 e. The van der Waals surface area contributed by atoms with Crippen LogP contribution in [0.5, 0.6) is 5.75 Å². The molecule has 6 heteroatoms. The number of rotatable bonds is 3. The van der Waals surface area contributed by atoms with Crippen molar-refractivity contribution in [3.8, 4) is 5.75 Å². The lowest BCUT2D eigenvalue weighted by atomic mass is 10.2. The van der Waals surface area contributed by atoms with E-state index in [0.29, 0.717) is 6.29 Å². The number of ether oxygens (including phenoxy) is 1. The topological polar surface area (TPSA) is 26.3 Å². The van der Waals surface area contributed by atoms with Gasteiger partial charge in [-0.05, 0) is 12.3 Å². The Morgan fingerprint density at radius 1 is 1.40 bits per heavy atom. The third-order valence-corrected chi connectivity index (χ3v) is 2.41. The maximum atomic E-state index is 12.0. The first-order valence-electron chi connectivity index (χ1n) is 3.86.